The summed E-state index contributed by atoms with van der Waals surface area (Å²) in [6.07, 6.45) is 0.784. The molecule has 2 aliphatic heterocycles. The van der Waals surface area contributed by atoms with Crippen LogP contribution in [0.25, 0.3) is 0 Å². The molecule has 4 heteroatoms. The summed E-state index contributed by atoms with van der Waals surface area (Å²) >= 11 is 0. The number of hydrogen-bond acceptors (Lipinski definition) is 4. The zero-order valence-corrected chi connectivity index (χ0v) is 9.90. The van der Waals surface area contributed by atoms with Crippen molar-refractivity contribution in [1.82, 2.24) is 0 Å². The maximum Gasteiger partial charge on any atom is 0.194 e. The number of hydrogen-bond donors (Lipinski definition) is 0. The minimum atomic E-state index is -0.601. The van der Waals surface area contributed by atoms with Crippen molar-refractivity contribution in [2.24, 2.45) is 0 Å². The third-order valence-electron chi connectivity index (χ3n) is 3.20. The third-order valence-corrected chi connectivity index (χ3v) is 3.20. The number of ether oxygens (including phenoxy) is 4. The Bertz CT molecular complexity index is 410. The van der Waals surface area contributed by atoms with Gasteiger partial charge in [0.2, 0.25) is 0 Å². The van der Waals surface area contributed by atoms with Crippen LogP contribution in [0.4, 0.5) is 0 Å². The second kappa shape index (κ2) is 4.20. The minimum absolute atomic E-state index is 0.595. The molecule has 0 N–H and O–H groups in total. The summed E-state index contributed by atoms with van der Waals surface area (Å²) in [5.74, 6) is 0.973. The average molecular weight is 236 g/mol. The van der Waals surface area contributed by atoms with Crippen molar-refractivity contribution in [2.45, 2.75) is 19.1 Å². The first-order valence-electron chi connectivity index (χ1n) is 6.02. The second-order valence-electron chi connectivity index (χ2n) is 4.16. The van der Waals surface area contributed by atoms with E-state index in [9.17, 15) is 0 Å². The molecule has 4 nitrogen and oxygen atoms in total. The molecule has 1 fully saturated rings. The van der Waals surface area contributed by atoms with E-state index in [-0.39, 0.29) is 0 Å². The minimum Gasteiger partial charge on any atom is -0.486 e. The van der Waals surface area contributed by atoms with Crippen LogP contribution in [0.1, 0.15) is 18.9 Å². The van der Waals surface area contributed by atoms with Crippen molar-refractivity contribution in [2.75, 3.05) is 26.4 Å². The zero-order chi connectivity index (χ0) is 11.7. The highest BCUT2D eigenvalue weighted by atomic mass is 16.7. The lowest BCUT2D eigenvalue weighted by Gasteiger charge is -2.28. The summed E-state index contributed by atoms with van der Waals surface area (Å²) in [5.41, 5.74) is 1.00. The van der Waals surface area contributed by atoms with Crippen molar-refractivity contribution in [3.63, 3.8) is 0 Å². The van der Waals surface area contributed by atoms with Crippen molar-refractivity contribution in [1.29, 1.82) is 0 Å². The van der Waals surface area contributed by atoms with Crippen LogP contribution in [0, 0.1) is 0 Å². The Morgan fingerprint density at radius 3 is 2.41 bits per heavy atom. The van der Waals surface area contributed by atoms with Gasteiger partial charge in [0.25, 0.3) is 0 Å². The Balaban J connectivity index is 1.97. The maximum atomic E-state index is 5.75. The molecule has 0 aromatic heterocycles. The van der Waals surface area contributed by atoms with E-state index in [1.807, 2.05) is 18.2 Å². The molecule has 2 aliphatic rings. The van der Waals surface area contributed by atoms with Gasteiger partial charge in [0.15, 0.2) is 17.3 Å². The van der Waals surface area contributed by atoms with E-state index >= 15 is 0 Å². The molecule has 0 radical (unpaired) electrons. The molecule has 92 valence electrons. The number of benzene rings is 1. The molecule has 3 rings (SSSR count). The van der Waals surface area contributed by atoms with Crippen LogP contribution in [0.3, 0.4) is 0 Å². The molecule has 0 amide bonds. The van der Waals surface area contributed by atoms with Crippen molar-refractivity contribution >= 4 is 0 Å². The highest BCUT2D eigenvalue weighted by Gasteiger charge is 2.37. The van der Waals surface area contributed by atoms with Crippen LogP contribution in [0.5, 0.6) is 11.5 Å². The van der Waals surface area contributed by atoms with E-state index in [1.165, 1.54) is 0 Å². The van der Waals surface area contributed by atoms with Gasteiger partial charge in [-0.2, -0.15) is 0 Å². The smallest absolute Gasteiger partial charge is 0.194 e. The predicted octanol–water partition coefficient (Wildman–Crippen LogP) is 2.07. The molecule has 1 aromatic rings. The summed E-state index contributed by atoms with van der Waals surface area (Å²) in [4.78, 5) is 0. The van der Waals surface area contributed by atoms with E-state index in [1.54, 1.807) is 0 Å². The highest BCUT2D eigenvalue weighted by molar-refractivity contribution is 5.45. The third kappa shape index (κ3) is 1.77. The average Bonchev–Trinajstić information content (AvgIpc) is 2.88. The molecule has 17 heavy (non-hydrogen) atoms. The van der Waals surface area contributed by atoms with Crippen LogP contribution in [-0.4, -0.2) is 26.4 Å². The van der Waals surface area contributed by atoms with E-state index in [0.717, 1.165) is 23.5 Å². The fraction of sp³-hybridized carbons (Fsp3) is 0.538. The molecule has 1 aromatic carbocycles. The molecule has 0 spiro atoms. The van der Waals surface area contributed by atoms with E-state index in [0.29, 0.717) is 26.4 Å². The summed E-state index contributed by atoms with van der Waals surface area (Å²) in [7, 11) is 0. The van der Waals surface area contributed by atoms with Gasteiger partial charge in [0.1, 0.15) is 13.2 Å². The standard InChI is InChI=1S/C13H16O4/c1-2-13(16-7-8-17-13)10-3-4-11-12(9-10)15-6-5-14-11/h3-4,9H,2,5-8H2,1H3. The van der Waals surface area contributed by atoms with E-state index in [2.05, 4.69) is 6.92 Å². The summed E-state index contributed by atoms with van der Waals surface area (Å²) in [5, 5.41) is 0. The molecule has 0 atom stereocenters. The van der Waals surface area contributed by atoms with Gasteiger partial charge in [-0.25, -0.2) is 0 Å². The quantitative estimate of drug-likeness (QED) is 0.787. The Kier molecular flexibility index (Phi) is 2.68. The summed E-state index contributed by atoms with van der Waals surface area (Å²) in [6, 6.07) is 5.87. The SMILES string of the molecule is CCC1(c2ccc3c(c2)OCCO3)OCCO1. The zero-order valence-electron chi connectivity index (χ0n) is 9.90. The highest BCUT2D eigenvalue weighted by Crippen LogP contribution is 2.39. The van der Waals surface area contributed by atoms with Gasteiger partial charge >= 0.3 is 0 Å². The van der Waals surface area contributed by atoms with E-state index in [4.69, 9.17) is 18.9 Å². The summed E-state index contributed by atoms with van der Waals surface area (Å²) in [6.45, 7) is 4.54. The summed E-state index contributed by atoms with van der Waals surface area (Å²) < 4.78 is 22.6. The first-order valence-corrected chi connectivity index (χ1v) is 6.02. The Morgan fingerprint density at radius 2 is 1.71 bits per heavy atom. The topological polar surface area (TPSA) is 36.9 Å². The molecular weight excluding hydrogens is 220 g/mol. The molecule has 0 bridgehead atoms. The van der Waals surface area contributed by atoms with Gasteiger partial charge < -0.3 is 18.9 Å². The van der Waals surface area contributed by atoms with Crippen molar-refractivity contribution in [3.05, 3.63) is 23.8 Å². The Labute approximate surface area is 100 Å². The normalized spacial score (nSPS) is 21.5. The number of rotatable bonds is 2. The van der Waals surface area contributed by atoms with Crippen LogP contribution in [0.15, 0.2) is 18.2 Å². The second-order valence-corrected chi connectivity index (χ2v) is 4.16. The lowest BCUT2D eigenvalue weighted by Crippen LogP contribution is -2.26. The lowest BCUT2D eigenvalue weighted by molar-refractivity contribution is -0.167. The molecule has 0 saturated carbocycles. The predicted molar refractivity (Wildman–Crippen MR) is 61.3 cm³/mol. The fourth-order valence-electron chi connectivity index (χ4n) is 2.31. The van der Waals surface area contributed by atoms with Crippen molar-refractivity contribution < 1.29 is 18.9 Å². The van der Waals surface area contributed by atoms with Gasteiger partial charge in [0.05, 0.1) is 13.2 Å². The monoisotopic (exact) mass is 236 g/mol. The molecular formula is C13H16O4. The van der Waals surface area contributed by atoms with Crippen LogP contribution < -0.4 is 9.47 Å². The molecule has 1 saturated heterocycles. The first-order chi connectivity index (χ1) is 8.34. The number of fused-ring (bicyclic) bond motifs is 1. The fourth-order valence-corrected chi connectivity index (χ4v) is 2.31. The van der Waals surface area contributed by atoms with Crippen LogP contribution in [-0.2, 0) is 15.3 Å². The molecule has 0 unspecified atom stereocenters. The lowest BCUT2D eigenvalue weighted by atomic mass is 10.0. The maximum absolute atomic E-state index is 5.75. The Hall–Kier alpha value is -1.26. The van der Waals surface area contributed by atoms with Gasteiger partial charge in [-0.05, 0) is 18.2 Å². The van der Waals surface area contributed by atoms with Gasteiger partial charge in [-0.3, -0.25) is 0 Å². The largest absolute Gasteiger partial charge is 0.486 e. The Morgan fingerprint density at radius 1 is 1.00 bits per heavy atom. The van der Waals surface area contributed by atoms with Crippen LogP contribution >= 0.6 is 0 Å². The molecule has 2 heterocycles. The van der Waals surface area contributed by atoms with Crippen molar-refractivity contribution in [3.8, 4) is 11.5 Å². The molecule has 0 aliphatic carbocycles. The van der Waals surface area contributed by atoms with Crippen LogP contribution in [0.2, 0.25) is 0 Å². The van der Waals surface area contributed by atoms with E-state index < -0.39 is 5.79 Å². The first kappa shape index (κ1) is 10.9. The van der Waals surface area contributed by atoms with Gasteiger partial charge in [0, 0.05) is 12.0 Å². The van der Waals surface area contributed by atoms with Gasteiger partial charge in [-0.15, -0.1) is 0 Å². The van der Waals surface area contributed by atoms with Gasteiger partial charge in [-0.1, -0.05) is 6.92 Å².